The maximum atomic E-state index is 13.6. The summed E-state index contributed by atoms with van der Waals surface area (Å²) in [5, 5.41) is 3.62. The largest absolute Gasteiger partial charge is 0.416 e. The number of hydrogen-bond donors (Lipinski definition) is 4. The predicted octanol–water partition coefficient (Wildman–Crippen LogP) is 3.65. The molecule has 0 saturated heterocycles. The molecular weight excluding hydrogens is 569 g/mol. The number of rotatable bonds is 13. The minimum atomic E-state index is -4.49. The number of Topliss-reactive ketones (excluding diaryl/α,β-unsaturated/α-hetero) is 1. The molecule has 4 aromatic rings. The van der Waals surface area contributed by atoms with E-state index in [4.69, 9.17) is 17.2 Å². The summed E-state index contributed by atoms with van der Waals surface area (Å²) in [6, 6.07) is 19.0. The van der Waals surface area contributed by atoms with Gasteiger partial charge < -0.3 is 22.5 Å². The molecule has 4 rings (SSSR count). The molecule has 1 aromatic heterocycles. The van der Waals surface area contributed by atoms with Crippen LogP contribution < -0.4 is 27.0 Å². The van der Waals surface area contributed by atoms with Crippen molar-refractivity contribution >= 4 is 28.3 Å². The summed E-state index contributed by atoms with van der Waals surface area (Å²) < 4.78 is 39.9. The van der Waals surface area contributed by atoms with E-state index in [-0.39, 0.29) is 18.6 Å². The number of ketones is 1. The number of likely N-dealkylation sites (N-methyl/N-ethyl adjacent to an activating group) is 1. The molecule has 8 nitrogen and oxygen atoms in total. The minimum absolute atomic E-state index is 0.0105. The maximum absolute atomic E-state index is 13.6. The highest BCUT2D eigenvalue weighted by molar-refractivity contribution is 5.93. The van der Waals surface area contributed by atoms with E-state index in [9.17, 15) is 22.8 Å². The number of hydrogen-bond acceptors (Lipinski definition) is 6. The molecule has 0 fully saturated rings. The summed E-state index contributed by atoms with van der Waals surface area (Å²) in [4.78, 5) is 31.3. The molecule has 0 bridgehead atoms. The summed E-state index contributed by atoms with van der Waals surface area (Å²) in [6.07, 6.45) is -2.93. The Labute approximate surface area is 254 Å². The van der Waals surface area contributed by atoms with Gasteiger partial charge in [0.1, 0.15) is 11.7 Å². The third-order valence-electron chi connectivity index (χ3n) is 7.85. The molecule has 44 heavy (non-hydrogen) atoms. The van der Waals surface area contributed by atoms with Gasteiger partial charge in [0, 0.05) is 31.1 Å². The fourth-order valence-corrected chi connectivity index (χ4v) is 5.24. The van der Waals surface area contributed by atoms with Gasteiger partial charge in [-0.15, -0.1) is 0 Å². The Kier molecular flexibility index (Phi) is 10.5. The first-order valence-corrected chi connectivity index (χ1v) is 14.4. The molecule has 0 aliphatic carbocycles. The van der Waals surface area contributed by atoms with E-state index in [1.165, 1.54) is 12.1 Å². The molecule has 0 radical (unpaired) electrons. The molecule has 0 aliphatic rings. The van der Waals surface area contributed by atoms with Crippen molar-refractivity contribution in [2.45, 2.75) is 31.1 Å². The average Bonchev–Trinajstić information content (AvgIpc) is 3.00. The lowest BCUT2D eigenvalue weighted by Crippen LogP contribution is -2.51. The number of para-hydroxylation sites is 1. The zero-order valence-electron chi connectivity index (χ0n) is 24.6. The number of amides is 1. The number of nitrogens with two attached hydrogens (primary N) is 3. The molecule has 0 saturated carbocycles. The molecule has 3 aromatic carbocycles. The molecule has 1 heterocycles. The fourth-order valence-electron chi connectivity index (χ4n) is 5.24. The van der Waals surface area contributed by atoms with Crippen LogP contribution in [0.25, 0.3) is 10.9 Å². The van der Waals surface area contributed by atoms with E-state index in [0.717, 1.165) is 28.7 Å². The third kappa shape index (κ3) is 8.06. The maximum Gasteiger partial charge on any atom is 0.416 e. The van der Waals surface area contributed by atoms with Crippen molar-refractivity contribution < 1.29 is 22.8 Å². The molecule has 0 spiro atoms. The zero-order valence-corrected chi connectivity index (χ0v) is 24.6. The lowest BCUT2D eigenvalue weighted by atomic mass is 9.96. The van der Waals surface area contributed by atoms with Crippen molar-refractivity contribution in [3.05, 3.63) is 107 Å². The Bertz CT molecular complexity index is 1570. The lowest BCUT2D eigenvalue weighted by molar-refractivity contribution is -0.137. The number of halogens is 3. The Hall–Kier alpha value is -4.16. The van der Waals surface area contributed by atoms with E-state index < -0.39 is 29.7 Å². The van der Waals surface area contributed by atoms with Crippen molar-refractivity contribution in [1.82, 2.24) is 14.8 Å². The standard InChI is InChI=1S/C33H37F3N6O2/c1-42(16-14-37,17-15-38)27-12-8-24(9-13-27)31(39)32(44)41-29(19-22-6-10-26(11-7-22)33(34,35)36)30(43)20-23-18-25-4-2-3-5-28(25)40-21-23/h2-13,18,21,29,31H,14-17,19-20,37-39H2,1H3/p+1/t29-,31-/m0/s1. The minimum Gasteiger partial charge on any atom is -0.344 e. The van der Waals surface area contributed by atoms with Gasteiger partial charge in [0.15, 0.2) is 5.78 Å². The molecular formula is C33H38F3N6O2+. The third-order valence-corrected chi connectivity index (χ3v) is 7.85. The Morgan fingerprint density at radius 2 is 1.55 bits per heavy atom. The van der Waals surface area contributed by atoms with Crippen molar-refractivity contribution in [2.75, 3.05) is 33.2 Å². The number of carbonyl (C=O) groups is 2. The second-order valence-electron chi connectivity index (χ2n) is 11.1. The normalized spacial score (nSPS) is 13.4. The number of benzene rings is 3. The van der Waals surface area contributed by atoms with Crippen LogP contribution in [0.4, 0.5) is 18.9 Å². The van der Waals surface area contributed by atoms with Gasteiger partial charge in [0.25, 0.3) is 0 Å². The number of fused-ring (bicyclic) bond motifs is 1. The van der Waals surface area contributed by atoms with Crippen LogP contribution in [0.15, 0.2) is 85.1 Å². The van der Waals surface area contributed by atoms with Crippen molar-refractivity contribution in [3.8, 4) is 0 Å². The van der Waals surface area contributed by atoms with Crippen LogP contribution in [-0.2, 0) is 28.6 Å². The second kappa shape index (κ2) is 14.1. The number of aromatic nitrogens is 1. The van der Waals surface area contributed by atoms with Gasteiger partial charge in [-0.1, -0.05) is 42.5 Å². The summed E-state index contributed by atoms with van der Waals surface area (Å²) in [5.41, 5.74) is 20.6. The van der Waals surface area contributed by atoms with Gasteiger partial charge in [0.05, 0.1) is 37.3 Å². The van der Waals surface area contributed by atoms with Gasteiger partial charge in [0.2, 0.25) is 5.91 Å². The molecule has 1 amide bonds. The Balaban J connectivity index is 1.54. The first-order valence-electron chi connectivity index (χ1n) is 14.4. The van der Waals surface area contributed by atoms with E-state index >= 15 is 0 Å². The molecule has 2 atom stereocenters. The van der Waals surface area contributed by atoms with Crippen LogP contribution in [0.3, 0.4) is 0 Å². The topological polar surface area (TPSA) is 137 Å². The summed E-state index contributed by atoms with van der Waals surface area (Å²) in [5.74, 6) is -0.907. The van der Waals surface area contributed by atoms with Crippen LogP contribution in [0.2, 0.25) is 0 Å². The SMILES string of the molecule is C[N+](CCN)(CCN)c1ccc([C@H](N)C(=O)N[C@@H](Cc2ccc(C(F)(F)F)cc2)C(=O)Cc2cnc3ccccc3c2)cc1. The number of carbonyl (C=O) groups excluding carboxylic acids is 2. The molecule has 232 valence electrons. The van der Waals surface area contributed by atoms with Crippen molar-refractivity contribution in [3.63, 3.8) is 0 Å². The van der Waals surface area contributed by atoms with Gasteiger partial charge in [-0.25, -0.2) is 0 Å². The molecule has 11 heteroatoms. The first kappa shape index (κ1) is 32.7. The smallest absolute Gasteiger partial charge is 0.344 e. The summed E-state index contributed by atoms with van der Waals surface area (Å²) in [7, 11) is 2.03. The second-order valence-corrected chi connectivity index (χ2v) is 11.1. The highest BCUT2D eigenvalue weighted by Crippen LogP contribution is 2.29. The van der Waals surface area contributed by atoms with Gasteiger partial charge in [-0.05, 0) is 59.5 Å². The quantitative estimate of drug-likeness (QED) is 0.171. The van der Waals surface area contributed by atoms with Gasteiger partial charge >= 0.3 is 6.18 Å². The number of pyridine rings is 1. The van der Waals surface area contributed by atoms with E-state index in [1.54, 1.807) is 18.3 Å². The monoisotopic (exact) mass is 607 g/mol. The van der Waals surface area contributed by atoms with E-state index in [1.807, 2.05) is 49.5 Å². The van der Waals surface area contributed by atoms with Crippen LogP contribution in [0.5, 0.6) is 0 Å². The highest BCUT2D eigenvalue weighted by atomic mass is 19.4. The van der Waals surface area contributed by atoms with Crippen molar-refractivity contribution in [2.24, 2.45) is 17.2 Å². The lowest BCUT2D eigenvalue weighted by Gasteiger charge is -2.33. The first-order chi connectivity index (χ1) is 20.9. The Morgan fingerprint density at radius 1 is 0.909 bits per heavy atom. The highest BCUT2D eigenvalue weighted by Gasteiger charge is 2.31. The van der Waals surface area contributed by atoms with Crippen LogP contribution in [-0.4, -0.2) is 55.9 Å². The van der Waals surface area contributed by atoms with Gasteiger partial charge in [-0.3, -0.25) is 19.1 Å². The van der Waals surface area contributed by atoms with E-state index in [0.29, 0.717) is 47.4 Å². The molecule has 7 N–H and O–H groups in total. The predicted molar refractivity (Wildman–Crippen MR) is 166 cm³/mol. The number of alkyl halides is 3. The molecule has 0 unspecified atom stereocenters. The summed E-state index contributed by atoms with van der Waals surface area (Å²) in [6.45, 7) is 2.32. The zero-order chi connectivity index (χ0) is 31.9. The van der Waals surface area contributed by atoms with E-state index in [2.05, 4.69) is 10.3 Å². The van der Waals surface area contributed by atoms with Crippen LogP contribution in [0.1, 0.15) is 28.3 Å². The molecule has 0 aliphatic heterocycles. The fraction of sp³-hybridized carbons (Fsp3) is 0.303. The van der Waals surface area contributed by atoms with Crippen LogP contribution in [0, 0.1) is 0 Å². The van der Waals surface area contributed by atoms with Crippen molar-refractivity contribution in [1.29, 1.82) is 0 Å². The van der Waals surface area contributed by atoms with Crippen LogP contribution >= 0.6 is 0 Å². The number of nitrogens with zero attached hydrogens (tertiary/aromatic N) is 2. The average molecular weight is 608 g/mol. The number of quaternary nitrogens is 1. The number of nitrogens with one attached hydrogen (secondary N) is 1. The van der Waals surface area contributed by atoms with Gasteiger partial charge in [-0.2, -0.15) is 13.2 Å². The Morgan fingerprint density at radius 3 is 2.16 bits per heavy atom. The summed E-state index contributed by atoms with van der Waals surface area (Å²) >= 11 is 0.